The SMILES string of the molecule is CC[N+](CC)(CC)CC.CC[NH+](CC)CC.CC[NH+](CC)CC.[K+].[Mo].[Mo].[Mo].[Mo].[Mo].[Mo].[Mo].[Mo].[O-2].[O-2].[O-2].[O-2].[O-2].[O-2].[O-2].[O-2].[O-2].[O-2].[O-2].[O-2].[O-2].[O-2].[O-2].[O-2].[O-2].[O-2].[O-2].[O-2].[O-2].[O-2].[O-2].[O-2].[O-2].[O-2]. The van der Waals surface area contributed by atoms with Gasteiger partial charge in [-0.15, -0.1) is 0 Å². The quantitative estimate of drug-likeness (QED) is 0.155. The molecular weight excluding hydrogens is 1500 g/mol. The zero-order valence-corrected chi connectivity index (χ0v) is 52.6. The van der Waals surface area contributed by atoms with Gasteiger partial charge in [-0.3, -0.25) is 0 Å². The predicted octanol–water partition coefficient (Wildman–Crippen LogP) is -4.36. The van der Waals surface area contributed by atoms with Gasteiger partial charge in [0, 0.05) is 169 Å². The Kier molecular flexibility index (Phi) is 2000. The van der Waals surface area contributed by atoms with Crippen molar-refractivity contribution in [3.8, 4) is 0 Å². The van der Waals surface area contributed by atoms with E-state index in [1.807, 2.05) is 0 Å². The van der Waals surface area contributed by atoms with Gasteiger partial charge in [0.15, 0.2) is 0 Å². The number of nitrogens with zero attached hydrogens (tertiary/aromatic N) is 1. The fraction of sp³-hybridized carbons (Fsp3) is 1.00. The minimum absolute atomic E-state index is 0. The molecule has 0 aromatic heterocycles. The fourth-order valence-electron chi connectivity index (χ4n) is 2.84. The summed E-state index contributed by atoms with van der Waals surface area (Å²) in [6, 6.07) is 0. The third-order valence-electron chi connectivity index (χ3n) is 5.68. The van der Waals surface area contributed by atoms with E-state index in [4.69, 9.17) is 0 Å². The van der Waals surface area contributed by atoms with E-state index in [1.54, 1.807) is 9.80 Å². The van der Waals surface area contributed by atoms with Crippen LogP contribution in [0.4, 0.5) is 0 Å². The van der Waals surface area contributed by atoms with Gasteiger partial charge in [-0.05, 0) is 69.2 Å². The maximum Gasteiger partial charge on any atom is 1.00 e. The molecule has 2 N–H and O–H groups in total. The van der Waals surface area contributed by atoms with Crippen LogP contribution in [-0.2, 0) is 311 Å². The standard InChI is InChI=1S/C8H20N.2C6H15N.K.8Mo.26O/c1-5-9(6-2,7-3)8-4;2*1-4-7(5-2)6-3;;;;;;;;;;;;;;;;;;;;;;;;;;;;;;;;;;;/h5-8H2,1-4H3;2*4-6H2,1-3H3;;;;;;;;;;;;;;;;;;;;;;;;;;;;;;;;;;;/q+1;;;+1;;;;;;;;;26*-2/p+2. The third kappa shape index (κ3) is 256. The first-order valence-electron chi connectivity index (χ1n) is 10.5. The first-order chi connectivity index (χ1) is 10.9. The summed E-state index contributed by atoms with van der Waals surface area (Å²) in [5, 5.41) is 0. The fourth-order valence-corrected chi connectivity index (χ4v) is 2.84. The summed E-state index contributed by atoms with van der Waals surface area (Å²) < 4.78 is 1.28. The maximum atomic E-state index is 2.27. The molecule has 0 bridgehead atoms. The summed E-state index contributed by atoms with van der Waals surface area (Å²) in [7, 11) is 0. The molecule has 0 amide bonds. The minimum atomic E-state index is 0. The molecule has 38 heteroatoms. The molecule has 29 nitrogen and oxygen atoms in total. The Bertz CT molecular complexity index is 244. The van der Waals surface area contributed by atoms with E-state index < -0.39 is 0 Å². The smallest absolute Gasteiger partial charge is 1.00 e. The molecule has 0 aromatic carbocycles. The third-order valence-corrected chi connectivity index (χ3v) is 5.68. The molecule has 0 radical (unpaired) electrons. The van der Waals surface area contributed by atoms with E-state index in [0.29, 0.717) is 0 Å². The van der Waals surface area contributed by atoms with E-state index in [0.717, 1.165) is 0 Å². The van der Waals surface area contributed by atoms with Crippen LogP contribution in [0.3, 0.4) is 0 Å². The molecule has 0 atom stereocenters. The van der Waals surface area contributed by atoms with Crippen molar-refractivity contribution in [1.29, 1.82) is 0 Å². The molecule has 0 aliphatic carbocycles. The maximum absolute atomic E-state index is 2.27. The Hall–Kier alpha value is 5.98. The van der Waals surface area contributed by atoms with Crippen LogP contribution < -0.4 is 61.2 Å². The largest absolute Gasteiger partial charge is 2.00 e. The molecule has 0 heterocycles. The molecule has 0 rings (SSSR count). The van der Waals surface area contributed by atoms with E-state index >= 15 is 0 Å². The Balaban J connectivity index is -0.00000000221. The van der Waals surface area contributed by atoms with Gasteiger partial charge in [-0.1, -0.05) is 0 Å². The second kappa shape index (κ2) is 309. The minimum Gasteiger partial charge on any atom is -2.00 e. The van der Waals surface area contributed by atoms with Gasteiger partial charge < -0.3 is 157 Å². The number of quaternary nitrogens is 3. The monoisotopic (exact) mass is 1570 g/mol. The zero-order valence-electron chi connectivity index (χ0n) is 33.4. The summed E-state index contributed by atoms with van der Waals surface area (Å²) in [6.45, 7) is 35.2. The topological polar surface area (TPSA) is 750 Å². The molecule has 0 spiro atoms. The summed E-state index contributed by atoms with van der Waals surface area (Å²) in [5.74, 6) is 0. The van der Waals surface area contributed by atoms with Crippen LogP contribution in [0.25, 0.3) is 0 Å². The van der Waals surface area contributed by atoms with E-state index in [9.17, 15) is 0 Å². The van der Waals surface area contributed by atoms with Gasteiger partial charge in [0.05, 0.1) is 65.4 Å². The molecule has 58 heavy (non-hydrogen) atoms. The van der Waals surface area contributed by atoms with Crippen molar-refractivity contribution in [2.45, 2.75) is 69.2 Å². The van der Waals surface area contributed by atoms with Gasteiger partial charge in [0.25, 0.3) is 0 Å². The van der Waals surface area contributed by atoms with Crippen LogP contribution in [0.1, 0.15) is 69.2 Å². The van der Waals surface area contributed by atoms with Crippen LogP contribution in [0, 0.1) is 0 Å². The molecular formula is C20H52KMo8N3O26-48. The van der Waals surface area contributed by atoms with Crippen LogP contribution in [0.2, 0.25) is 0 Å². The molecule has 0 saturated heterocycles. The summed E-state index contributed by atoms with van der Waals surface area (Å²) in [4.78, 5) is 3.36. The van der Waals surface area contributed by atoms with Crippen molar-refractivity contribution in [2.24, 2.45) is 0 Å². The number of hydrogen-bond donors (Lipinski definition) is 2. The molecule has 0 fully saturated rings. The van der Waals surface area contributed by atoms with Crippen molar-refractivity contribution in [2.75, 3.05) is 65.4 Å². The summed E-state index contributed by atoms with van der Waals surface area (Å²) >= 11 is 0. The van der Waals surface area contributed by atoms with Gasteiger partial charge >= 0.3 is 51.4 Å². The Morgan fingerprint density at radius 2 is 0.276 bits per heavy atom. The number of rotatable bonds is 10. The van der Waals surface area contributed by atoms with E-state index in [2.05, 4.69) is 69.2 Å². The van der Waals surface area contributed by atoms with Crippen LogP contribution in [-0.4, -0.2) is 69.9 Å². The van der Waals surface area contributed by atoms with E-state index in [1.165, 1.54) is 69.9 Å². The summed E-state index contributed by atoms with van der Waals surface area (Å²) in [6.07, 6.45) is 0. The molecule has 0 aliphatic heterocycles. The predicted molar refractivity (Wildman–Crippen MR) is 125 cm³/mol. The second-order valence-electron chi connectivity index (χ2n) is 6.23. The van der Waals surface area contributed by atoms with Gasteiger partial charge in [-0.2, -0.15) is 0 Å². The van der Waals surface area contributed by atoms with Gasteiger partial charge in [0.2, 0.25) is 0 Å². The van der Waals surface area contributed by atoms with Crippen LogP contribution >= 0.6 is 0 Å². The average Bonchev–Trinajstić information content (AvgIpc) is 2.62. The van der Waals surface area contributed by atoms with Crippen molar-refractivity contribution in [1.82, 2.24) is 0 Å². The average molecular weight is 1560 g/mol. The van der Waals surface area contributed by atoms with Crippen molar-refractivity contribution in [3.05, 3.63) is 0 Å². The molecule has 0 unspecified atom stereocenters. The van der Waals surface area contributed by atoms with Crippen molar-refractivity contribution < 1.29 is 377 Å². The Labute approximate surface area is 504 Å². The first kappa shape index (κ1) is 376. The van der Waals surface area contributed by atoms with Crippen LogP contribution in [0.15, 0.2) is 0 Å². The molecule has 0 aromatic rings. The van der Waals surface area contributed by atoms with Crippen molar-refractivity contribution in [3.63, 3.8) is 0 Å². The molecule has 400 valence electrons. The number of hydrogen-bond acceptors (Lipinski definition) is 0. The second-order valence-corrected chi connectivity index (χ2v) is 6.23. The summed E-state index contributed by atoms with van der Waals surface area (Å²) in [5.41, 5.74) is 0. The first-order valence-corrected chi connectivity index (χ1v) is 10.5. The normalized spacial score (nSPS) is 4.34. The zero-order chi connectivity index (χ0) is 18.7. The molecule has 0 aliphatic rings. The van der Waals surface area contributed by atoms with Gasteiger partial charge in [0.1, 0.15) is 0 Å². The van der Waals surface area contributed by atoms with Crippen LogP contribution in [0.5, 0.6) is 0 Å². The van der Waals surface area contributed by atoms with Crippen molar-refractivity contribution >= 4 is 0 Å². The van der Waals surface area contributed by atoms with E-state index in [-0.39, 0.29) is 362 Å². The molecule has 0 saturated carbocycles. The number of nitrogens with one attached hydrogen (secondary N) is 2. The Morgan fingerprint density at radius 1 is 0.207 bits per heavy atom. The Morgan fingerprint density at radius 3 is 0.276 bits per heavy atom. The van der Waals surface area contributed by atoms with Gasteiger partial charge in [-0.25, -0.2) is 0 Å².